The normalized spacial score (nSPS) is 10.9. The number of benzene rings is 3. The Bertz CT molecular complexity index is 1700. The molecule has 2 N–H and O–H groups in total. The van der Waals surface area contributed by atoms with Crippen LogP contribution in [-0.2, 0) is 0 Å². The Hall–Kier alpha value is -4.25. The summed E-state index contributed by atoms with van der Waals surface area (Å²) in [5, 5.41) is 17.4. The van der Waals surface area contributed by atoms with E-state index in [1.165, 1.54) is 24.3 Å². The number of nitro benzene ring substituents is 1. The van der Waals surface area contributed by atoms with Crippen LogP contribution in [0.4, 0.5) is 11.4 Å². The molecule has 12 heteroatoms. The van der Waals surface area contributed by atoms with Gasteiger partial charge < -0.3 is 14.2 Å². The van der Waals surface area contributed by atoms with Crippen LogP contribution in [0.5, 0.6) is 0 Å². The number of rotatable bonds is 5. The number of amides is 1. The lowest BCUT2D eigenvalue weighted by Gasteiger charge is -2.08. The number of halogens is 2. The third kappa shape index (κ3) is 5.31. The number of carbonyl (C=O) groups excluding carboxylic acids is 1. The molecule has 0 atom stereocenters. The van der Waals surface area contributed by atoms with Crippen molar-refractivity contribution in [2.75, 3.05) is 5.32 Å². The standard InChI is InChI=1S/C25H14Cl2N4O5S/c26-14-4-6-18(27)17(11-14)24-29-19-12-15(5-7-21(19)36-24)28-25(37)30-23(32)22-9-8-20(35-22)13-2-1-3-16(10-13)31(33)34/h1-12H,(H2,28,30,32,37). The summed E-state index contributed by atoms with van der Waals surface area (Å²) in [4.78, 5) is 27.6. The summed E-state index contributed by atoms with van der Waals surface area (Å²) in [6, 6.07) is 19.0. The monoisotopic (exact) mass is 552 g/mol. The Morgan fingerprint density at radius 3 is 2.65 bits per heavy atom. The van der Waals surface area contributed by atoms with E-state index in [0.29, 0.717) is 49.6 Å². The SMILES string of the molecule is O=C(NC(=S)Nc1ccc2oc(-c3cc(Cl)ccc3Cl)nc2c1)c1ccc(-c2cccc([N+](=O)[O-])c2)o1. The molecule has 0 saturated heterocycles. The van der Waals surface area contributed by atoms with Gasteiger partial charge in [0.15, 0.2) is 16.5 Å². The van der Waals surface area contributed by atoms with Crippen molar-refractivity contribution >= 4 is 68.9 Å². The van der Waals surface area contributed by atoms with Crippen molar-refractivity contribution in [3.63, 3.8) is 0 Å². The number of fused-ring (bicyclic) bond motifs is 1. The summed E-state index contributed by atoms with van der Waals surface area (Å²) in [6.07, 6.45) is 0. The van der Waals surface area contributed by atoms with Gasteiger partial charge in [0, 0.05) is 28.4 Å². The molecule has 1 amide bonds. The van der Waals surface area contributed by atoms with Crippen molar-refractivity contribution in [2.45, 2.75) is 0 Å². The average Bonchev–Trinajstić information content (AvgIpc) is 3.53. The summed E-state index contributed by atoms with van der Waals surface area (Å²) in [5.74, 6) is 0.0166. The average molecular weight is 553 g/mol. The molecule has 5 rings (SSSR count). The molecule has 0 aliphatic carbocycles. The van der Waals surface area contributed by atoms with Gasteiger partial charge in [-0.15, -0.1) is 0 Å². The lowest BCUT2D eigenvalue weighted by atomic mass is 10.1. The zero-order valence-corrected chi connectivity index (χ0v) is 20.9. The second kappa shape index (κ2) is 10.0. The van der Waals surface area contributed by atoms with Crippen LogP contribution >= 0.6 is 35.4 Å². The van der Waals surface area contributed by atoms with E-state index in [4.69, 9.17) is 44.3 Å². The highest BCUT2D eigenvalue weighted by Gasteiger charge is 2.17. The molecular weight excluding hydrogens is 539 g/mol. The fourth-order valence-corrected chi connectivity index (χ4v) is 4.08. The van der Waals surface area contributed by atoms with E-state index < -0.39 is 10.8 Å². The van der Waals surface area contributed by atoms with Gasteiger partial charge in [0.25, 0.3) is 11.6 Å². The van der Waals surface area contributed by atoms with E-state index in [1.807, 2.05) is 0 Å². The van der Waals surface area contributed by atoms with Gasteiger partial charge in [-0.3, -0.25) is 20.2 Å². The number of oxazole rings is 1. The third-order valence-electron chi connectivity index (χ3n) is 5.20. The molecule has 184 valence electrons. The minimum absolute atomic E-state index is 0.0133. The van der Waals surface area contributed by atoms with Crippen LogP contribution in [0.2, 0.25) is 10.0 Å². The summed E-state index contributed by atoms with van der Waals surface area (Å²) in [5.41, 5.74) is 2.57. The van der Waals surface area contributed by atoms with Gasteiger partial charge in [-0.25, -0.2) is 4.98 Å². The van der Waals surface area contributed by atoms with Crippen molar-refractivity contribution in [1.29, 1.82) is 0 Å². The number of nitrogens with zero attached hydrogens (tertiary/aromatic N) is 2. The number of nitrogens with one attached hydrogen (secondary N) is 2. The van der Waals surface area contributed by atoms with Crippen molar-refractivity contribution in [1.82, 2.24) is 10.3 Å². The zero-order valence-electron chi connectivity index (χ0n) is 18.5. The lowest BCUT2D eigenvalue weighted by Crippen LogP contribution is -2.33. The van der Waals surface area contributed by atoms with Gasteiger partial charge >= 0.3 is 0 Å². The van der Waals surface area contributed by atoms with Crippen molar-refractivity contribution in [2.24, 2.45) is 0 Å². The molecule has 0 radical (unpaired) electrons. The Labute approximate surface area is 224 Å². The van der Waals surface area contributed by atoms with Gasteiger partial charge in [0.2, 0.25) is 5.89 Å². The van der Waals surface area contributed by atoms with Crippen molar-refractivity contribution < 1.29 is 18.6 Å². The van der Waals surface area contributed by atoms with Gasteiger partial charge in [0.05, 0.1) is 15.5 Å². The molecule has 37 heavy (non-hydrogen) atoms. The Morgan fingerprint density at radius 2 is 1.84 bits per heavy atom. The number of furan rings is 1. The fourth-order valence-electron chi connectivity index (χ4n) is 3.50. The van der Waals surface area contributed by atoms with Crippen LogP contribution in [0.15, 0.2) is 81.6 Å². The van der Waals surface area contributed by atoms with E-state index in [1.54, 1.807) is 48.5 Å². The quantitative estimate of drug-likeness (QED) is 0.134. The molecule has 0 unspecified atom stereocenters. The number of anilines is 1. The largest absolute Gasteiger partial charge is 0.451 e. The highest BCUT2D eigenvalue weighted by molar-refractivity contribution is 7.80. The molecule has 2 aromatic heterocycles. The van der Waals surface area contributed by atoms with Crippen LogP contribution in [0.1, 0.15) is 10.6 Å². The van der Waals surface area contributed by atoms with Crippen LogP contribution < -0.4 is 10.6 Å². The smallest absolute Gasteiger partial charge is 0.293 e. The second-order valence-corrected chi connectivity index (χ2v) is 8.96. The number of hydrogen-bond acceptors (Lipinski definition) is 7. The first kappa shape index (κ1) is 24.4. The van der Waals surface area contributed by atoms with Gasteiger partial charge in [-0.05, 0) is 60.7 Å². The van der Waals surface area contributed by atoms with E-state index in [-0.39, 0.29) is 16.6 Å². The maximum atomic E-state index is 12.6. The molecule has 0 aliphatic heterocycles. The van der Waals surface area contributed by atoms with Crippen LogP contribution in [-0.4, -0.2) is 20.9 Å². The first-order valence-electron chi connectivity index (χ1n) is 10.6. The topological polar surface area (TPSA) is 123 Å². The van der Waals surface area contributed by atoms with Crippen LogP contribution in [0.25, 0.3) is 33.9 Å². The number of non-ortho nitro benzene ring substituents is 1. The van der Waals surface area contributed by atoms with E-state index in [2.05, 4.69) is 15.6 Å². The van der Waals surface area contributed by atoms with E-state index >= 15 is 0 Å². The van der Waals surface area contributed by atoms with E-state index in [9.17, 15) is 14.9 Å². The molecule has 0 fully saturated rings. The highest BCUT2D eigenvalue weighted by Crippen LogP contribution is 2.33. The van der Waals surface area contributed by atoms with E-state index in [0.717, 1.165) is 0 Å². The predicted molar refractivity (Wildman–Crippen MR) is 144 cm³/mol. The molecule has 0 saturated carbocycles. The van der Waals surface area contributed by atoms with Crippen molar-refractivity contribution in [3.05, 3.63) is 98.7 Å². The molecule has 0 bridgehead atoms. The second-order valence-electron chi connectivity index (χ2n) is 7.71. The summed E-state index contributed by atoms with van der Waals surface area (Å²) < 4.78 is 11.4. The number of aromatic nitrogens is 1. The van der Waals surface area contributed by atoms with Crippen LogP contribution in [0, 0.1) is 10.1 Å². The summed E-state index contributed by atoms with van der Waals surface area (Å²) >= 11 is 17.6. The molecule has 9 nitrogen and oxygen atoms in total. The maximum Gasteiger partial charge on any atom is 0.293 e. The Balaban J connectivity index is 1.27. The van der Waals surface area contributed by atoms with Crippen LogP contribution in [0.3, 0.4) is 0 Å². The van der Waals surface area contributed by atoms with Gasteiger partial charge in [0.1, 0.15) is 11.3 Å². The van der Waals surface area contributed by atoms with Crippen molar-refractivity contribution in [3.8, 4) is 22.8 Å². The summed E-state index contributed by atoms with van der Waals surface area (Å²) in [7, 11) is 0. The maximum absolute atomic E-state index is 12.6. The van der Waals surface area contributed by atoms with Gasteiger partial charge in [-0.2, -0.15) is 0 Å². The number of hydrogen-bond donors (Lipinski definition) is 2. The third-order valence-corrected chi connectivity index (χ3v) is 5.97. The first-order valence-corrected chi connectivity index (χ1v) is 11.8. The zero-order chi connectivity index (χ0) is 26.1. The number of nitro groups is 1. The minimum atomic E-state index is -0.588. The molecule has 2 heterocycles. The minimum Gasteiger partial charge on any atom is -0.451 e. The van der Waals surface area contributed by atoms with Gasteiger partial charge in [-0.1, -0.05) is 35.3 Å². The molecule has 0 spiro atoms. The molecular formula is C25H14Cl2N4O5S. The molecule has 5 aromatic rings. The molecule has 0 aliphatic rings. The predicted octanol–water partition coefficient (Wildman–Crippen LogP) is 7.10. The number of carbonyl (C=O) groups is 1. The number of thiocarbonyl (C=S) groups is 1. The fraction of sp³-hybridized carbons (Fsp3) is 0. The lowest BCUT2D eigenvalue weighted by molar-refractivity contribution is -0.384. The first-order chi connectivity index (χ1) is 17.8. The molecule has 3 aromatic carbocycles. The highest BCUT2D eigenvalue weighted by atomic mass is 35.5. The summed E-state index contributed by atoms with van der Waals surface area (Å²) in [6.45, 7) is 0. The Morgan fingerprint density at radius 1 is 1.00 bits per heavy atom. The Kier molecular flexibility index (Phi) is 6.62.